The van der Waals surface area contributed by atoms with Gasteiger partial charge in [0.15, 0.2) is 11.6 Å². The van der Waals surface area contributed by atoms with Crippen molar-refractivity contribution in [2.24, 2.45) is 0 Å². The van der Waals surface area contributed by atoms with Crippen molar-refractivity contribution < 1.29 is 9.13 Å². The lowest BCUT2D eigenvalue weighted by molar-refractivity contribution is 0.386. The van der Waals surface area contributed by atoms with Crippen LogP contribution in [-0.4, -0.2) is 21.6 Å². The maximum Gasteiger partial charge on any atom is 0.165 e. The van der Waals surface area contributed by atoms with E-state index >= 15 is 0 Å². The molecule has 138 valence electrons. The van der Waals surface area contributed by atoms with Gasteiger partial charge in [0.05, 0.1) is 18.3 Å². The molecule has 3 rings (SSSR count). The number of ether oxygens (including phenoxy) is 1. The Balaban J connectivity index is 2.28. The topological polar surface area (TPSA) is 39.9 Å². The highest BCUT2D eigenvalue weighted by atomic mass is 19.1. The summed E-state index contributed by atoms with van der Waals surface area (Å²) in [7, 11) is 1.47. The fraction of sp³-hybridized carbons (Fsp3) is 0.429. The lowest BCUT2D eigenvalue weighted by Gasteiger charge is -2.18. The Kier molecular flexibility index (Phi) is 5.25. The Morgan fingerprint density at radius 3 is 2.54 bits per heavy atom. The number of hydrogen-bond donors (Lipinski definition) is 0. The Labute approximate surface area is 154 Å². The van der Waals surface area contributed by atoms with E-state index in [2.05, 4.69) is 30.3 Å². The van der Waals surface area contributed by atoms with E-state index in [4.69, 9.17) is 9.72 Å². The van der Waals surface area contributed by atoms with Crippen LogP contribution in [-0.2, 0) is 6.42 Å². The average Bonchev–Trinajstić information content (AvgIpc) is 3.03. The molecule has 3 aromatic rings. The Morgan fingerprint density at radius 2 is 1.92 bits per heavy atom. The van der Waals surface area contributed by atoms with E-state index in [0.29, 0.717) is 6.04 Å². The van der Waals surface area contributed by atoms with Crippen molar-refractivity contribution >= 4 is 11.0 Å². The zero-order valence-electron chi connectivity index (χ0n) is 16.1. The van der Waals surface area contributed by atoms with Crippen LogP contribution >= 0.6 is 0 Å². The van der Waals surface area contributed by atoms with Gasteiger partial charge in [-0.2, -0.15) is 0 Å². The summed E-state index contributed by atoms with van der Waals surface area (Å²) < 4.78 is 21.7. The maximum absolute atomic E-state index is 14.3. The highest BCUT2D eigenvalue weighted by Gasteiger charge is 2.20. The Morgan fingerprint density at radius 1 is 1.19 bits per heavy atom. The SMILES string of the molecule is CCc1nc2c(-c3cc(F)c(OC)cc3C)nccc2n1C(CC)CC. The molecule has 0 fully saturated rings. The van der Waals surface area contributed by atoms with Crippen LogP contribution in [0.2, 0.25) is 0 Å². The number of imidazole rings is 1. The van der Waals surface area contributed by atoms with Crippen LogP contribution in [0.4, 0.5) is 4.39 Å². The molecule has 0 atom stereocenters. The minimum absolute atomic E-state index is 0.246. The standard InChI is InChI=1S/C21H26FN3O/c1-6-14(7-2)25-17-9-10-23-20(21(17)24-19(25)8-3)15-12-16(22)18(26-5)11-13(15)4/h9-12,14H,6-8H2,1-5H3. The monoisotopic (exact) mass is 355 g/mol. The normalized spacial score (nSPS) is 11.5. The summed E-state index contributed by atoms with van der Waals surface area (Å²) in [4.78, 5) is 9.44. The molecule has 0 aliphatic heterocycles. The predicted octanol–water partition coefficient (Wildman–Crippen LogP) is 5.48. The number of rotatable bonds is 6. The third-order valence-electron chi connectivity index (χ3n) is 5.06. The summed E-state index contributed by atoms with van der Waals surface area (Å²) in [5.74, 6) is 0.909. The van der Waals surface area contributed by atoms with E-state index in [1.54, 1.807) is 12.3 Å². The molecule has 4 nitrogen and oxygen atoms in total. The molecule has 0 aliphatic rings. The highest BCUT2D eigenvalue weighted by molar-refractivity contribution is 5.91. The average molecular weight is 355 g/mol. The summed E-state index contributed by atoms with van der Waals surface area (Å²) in [6.07, 6.45) is 4.73. The minimum atomic E-state index is -0.387. The smallest absolute Gasteiger partial charge is 0.165 e. The van der Waals surface area contributed by atoms with Gasteiger partial charge in [-0.15, -0.1) is 0 Å². The lowest BCUT2D eigenvalue weighted by Crippen LogP contribution is -2.10. The first-order chi connectivity index (χ1) is 12.5. The number of aryl methyl sites for hydroxylation is 2. The van der Waals surface area contributed by atoms with Crippen molar-refractivity contribution in [2.45, 2.75) is 53.0 Å². The third-order valence-corrected chi connectivity index (χ3v) is 5.06. The molecule has 0 aliphatic carbocycles. The second-order valence-corrected chi connectivity index (χ2v) is 6.55. The van der Waals surface area contributed by atoms with Gasteiger partial charge in [0.1, 0.15) is 11.3 Å². The second kappa shape index (κ2) is 7.44. The van der Waals surface area contributed by atoms with Crippen molar-refractivity contribution in [3.63, 3.8) is 0 Å². The zero-order chi connectivity index (χ0) is 18.8. The first-order valence-corrected chi connectivity index (χ1v) is 9.25. The van der Waals surface area contributed by atoms with E-state index < -0.39 is 0 Å². The molecule has 0 saturated carbocycles. The molecule has 2 aromatic heterocycles. The van der Waals surface area contributed by atoms with Gasteiger partial charge in [0.25, 0.3) is 0 Å². The van der Waals surface area contributed by atoms with E-state index in [-0.39, 0.29) is 11.6 Å². The molecule has 0 radical (unpaired) electrons. The Bertz CT molecular complexity index is 929. The van der Waals surface area contributed by atoms with Crippen LogP contribution in [0.1, 0.15) is 51.0 Å². The maximum atomic E-state index is 14.3. The van der Waals surface area contributed by atoms with Crippen LogP contribution in [0.3, 0.4) is 0 Å². The van der Waals surface area contributed by atoms with E-state index in [0.717, 1.165) is 52.9 Å². The lowest BCUT2D eigenvalue weighted by atomic mass is 10.0. The molecule has 26 heavy (non-hydrogen) atoms. The van der Waals surface area contributed by atoms with Gasteiger partial charge < -0.3 is 9.30 Å². The van der Waals surface area contributed by atoms with Crippen LogP contribution in [0.25, 0.3) is 22.3 Å². The number of benzene rings is 1. The summed E-state index contributed by atoms with van der Waals surface area (Å²) in [5, 5.41) is 0. The minimum Gasteiger partial charge on any atom is -0.494 e. The number of hydrogen-bond acceptors (Lipinski definition) is 3. The van der Waals surface area contributed by atoms with Crippen LogP contribution in [0.5, 0.6) is 5.75 Å². The van der Waals surface area contributed by atoms with Crippen LogP contribution in [0, 0.1) is 12.7 Å². The van der Waals surface area contributed by atoms with Gasteiger partial charge in [-0.05, 0) is 43.5 Å². The number of pyridine rings is 1. The predicted molar refractivity (Wildman–Crippen MR) is 103 cm³/mol. The number of methoxy groups -OCH3 is 1. The molecule has 0 N–H and O–H groups in total. The van der Waals surface area contributed by atoms with Gasteiger partial charge in [0.2, 0.25) is 0 Å². The van der Waals surface area contributed by atoms with E-state index in [1.165, 1.54) is 13.2 Å². The van der Waals surface area contributed by atoms with Crippen molar-refractivity contribution in [3.05, 3.63) is 41.6 Å². The molecule has 5 heteroatoms. The quantitative estimate of drug-likeness (QED) is 0.588. The molecule has 1 aromatic carbocycles. The summed E-state index contributed by atoms with van der Waals surface area (Å²) >= 11 is 0. The first kappa shape index (κ1) is 18.4. The Hall–Kier alpha value is -2.43. The van der Waals surface area contributed by atoms with E-state index in [9.17, 15) is 4.39 Å². The van der Waals surface area contributed by atoms with Gasteiger partial charge in [-0.1, -0.05) is 20.8 Å². The molecule has 0 spiro atoms. The molecule has 0 saturated heterocycles. The fourth-order valence-electron chi connectivity index (χ4n) is 3.64. The van der Waals surface area contributed by atoms with Crippen LogP contribution in [0.15, 0.2) is 24.4 Å². The second-order valence-electron chi connectivity index (χ2n) is 6.55. The van der Waals surface area contributed by atoms with Crippen molar-refractivity contribution in [1.29, 1.82) is 0 Å². The molecular formula is C21H26FN3O. The van der Waals surface area contributed by atoms with Gasteiger partial charge >= 0.3 is 0 Å². The molecule has 0 bridgehead atoms. The number of fused-ring (bicyclic) bond motifs is 1. The van der Waals surface area contributed by atoms with Gasteiger partial charge in [0, 0.05) is 24.2 Å². The molecule has 0 unspecified atom stereocenters. The first-order valence-electron chi connectivity index (χ1n) is 9.25. The summed E-state index contributed by atoms with van der Waals surface area (Å²) in [6, 6.07) is 5.62. The molecular weight excluding hydrogens is 329 g/mol. The van der Waals surface area contributed by atoms with Gasteiger partial charge in [-0.25, -0.2) is 9.37 Å². The van der Waals surface area contributed by atoms with Crippen molar-refractivity contribution in [2.75, 3.05) is 7.11 Å². The number of halogens is 1. The molecule has 0 amide bonds. The highest BCUT2D eigenvalue weighted by Crippen LogP contribution is 2.34. The zero-order valence-corrected chi connectivity index (χ0v) is 16.1. The van der Waals surface area contributed by atoms with Crippen molar-refractivity contribution in [1.82, 2.24) is 14.5 Å². The number of nitrogens with zero attached hydrogens (tertiary/aromatic N) is 3. The largest absolute Gasteiger partial charge is 0.494 e. The summed E-state index contributed by atoms with van der Waals surface area (Å²) in [5.41, 5.74) is 4.30. The van der Waals surface area contributed by atoms with Crippen molar-refractivity contribution in [3.8, 4) is 17.0 Å². The van der Waals surface area contributed by atoms with Gasteiger partial charge in [-0.3, -0.25) is 4.98 Å². The van der Waals surface area contributed by atoms with Crippen LogP contribution < -0.4 is 4.74 Å². The fourth-order valence-corrected chi connectivity index (χ4v) is 3.64. The molecule has 2 heterocycles. The van der Waals surface area contributed by atoms with E-state index in [1.807, 2.05) is 13.0 Å². The number of aromatic nitrogens is 3. The third kappa shape index (κ3) is 2.96. The summed E-state index contributed by atoms with van der Waals surface area (Å²) in [6.45, 7) is 8.46.